The number of nitrogens with zero attached hydrogens (tertiary/aromatic N) is 4. The number of nitrogens with one attached hydrogen (secondary N) is 1. The first-order chi connectivity index (χ1) is 16.4. The van der Waals surface area contributed by atoms with Gasteiger partial charge in [0.25, 0.3) is 5.84 Å². The lowest BCUT2D eigenvalue weighted by Crippen LogP contribution is -2.54. The quantitative estimate of drug-likeness (QED) is 0.589. The van der Waals surface area contributed by atoms with Crippen molar-refractivity contribution < 1.29 is 19.0 Å². The molecule has 0 saturated carbocycles. The fourth-order valence-electron chi connectivity index (χ4n) is 3.68. The molecule has 2 aliphatic heterocycles. The Labute approximate surface area is 206 Å². The van der Waals surface area contributed by atoms with E-state index in [1.54, 1.807) is 7.05 Å². The number of hydrogen-bond acceptors (Lipinski definition) is 7. The number of fused-ring (bicyclic) bond motifs is 1. The van der Waals surface area contributed by atoms with Crippen LogP contribution in [0.15, 0.2) is 51.8 Å². The maximum absolute atomic E-state index is 13.0. The number of rotatable bonds is 7. The summed E-state index contributed by atoms with van der Waals surface area (Å²) in [5.41, 5.74) is 1.97. The van der Waals surface area contributed by atoms with Crippen LogP contribution in [-0.2, 0) is 16.0 Å². The van der Waals surface area contributed by atoms with Gasteiger partial charge in [0, 0.05) is 5.69 Å². The van der Waals surface area contributed by atoms with Crippen molar-refractivity contribution in [1.29, 1.82) is 0 Å². The number of amidine groups is 2. The van der Waals surface area contributed by atoms with Gasteiger partial charge in [-0.2, -0.15) is 9.48 Å². The van der Waals surface area contributed by atoms with Gasteiger partial charge in [0.2, 0.25) is 11.7 Å². The molecular weight excluding hydrogens is 470 g/mol. The molecular formula is C24H26N5O3S2+. The summed E-state index contributed by atoms with van der Waals surface area (Å²) in [4.78, 5) is 49.1. The van der Waals surface area contributed by atoms with Crippen LogP contribution in [0.4, 0.5) is 10.5 Å². The molecule has 2 aromatic rings. The molecule has 4 rings (SSSR count). The molecule has 0 radical (unpaired) electrons. The first-order valence-electron chi connectivity index (χ1n) is 11.0. The van der Waals surface area contributed by atoms with Crippen molar-refractivity contribution in [2.24, 2.45) is 15.9 Å². The number of anilines is 1. The van der Waals surface area contributed by atoms with Crippen molar-refractivity contribution in [1.82, 2.24) is 4.90 Å². The van der Waals surface area contributed by atoms with Crippen LogP contribution in [-0.4, -0.2) is 63.9 Å². The van der Waals surface area contributed by atoms with Crippen molar-refractivity contribution in [3.8, 4) is 0 Å². The van der Waals surface area contributed by atoms with E-state index in [9.17, 15) is 14.4 Å². The number of benzene rings is 1. The van der Waals surface area contributed by atoms with E-state index < -0.39 is 17.9 Å². The zero-order valence-corrected chi connectivity index (χ0v) is 20.9. The summed E-state index contributed by atoms with van der Waals surface area (Å²) in [5, 5.41) is 5.26. The Morgan fingerprint density at radius 2 is 1.97 bits per heavy atom. The number of aliphatic imine (C=N–C) groups is 2. The molecule has 3 heterocycles. The molecule has 34 heavy (non-hydrogen) atoms. The number of carbonyl (C=O) groups excluding carboxylic acids is 3. The highest BCUT2D eigenvalue weighted by Crippen LogP contribution is 2.27. The Balaban J connectivity index is 1.51. The monoisotopic (exact) mass is 496 g/mol. The summed E-state index contributed by atoms with van der Waals surface area (Å²) in [6, 6.07) is 11.2. The Hall–Kier alpha value is -3.11. The van der Waals surface area contributed by atoms with Gasteiger partial charge in [-0.15, -0.1) is 11.3 Å². The molecule has 8 nitrogen and oxygen atoms in total. The summed E-state index contributed by atoms with van der Waals surface area (Å²) in [6.45, 7) is 2.16. The Kier molecular flexibility index (Phi) is 7.38. The predicted molar refractivity (Wildman–Crippen MR) is 137 cm³/mol. The summed E-state index contributed by atoms with van der Waals surface area (Å²) in [7, 11) is 3.03. The molecule has 1 aromatic carbocycles. The largest absolute Gasteiger partial charge is 0.445 e. The summed E-state index contributed by atoms with van der Waals surface area (Å²) in [5.74, 6) is -0.571. The van der Waals surface area contributed by atoms with Gasteiger partial charge in [-0.05, 0) is 42.0 Å². The topological polar surface area (TPSA) is 94.2 Å². The lowest BCUT2D eigenvalue weighted by molar-refractivity contribution is -0.407. The highest BCUT2D eigenvalue weighted by atomic mass is 32.2. The molecule has 0 aliphatic carbocycles. The van der Waals surface area contributed by atoms with Crippen molar-refractivity contribution >= 4 is 63.3 Å². The number of amides is 4. The Morgan fingerprint density at radius 3 is 2.65 bits per heavy atom. The number of urea groups is 1. The van der Waals surface area contributed by atoms with Crippen LogP contribution in [0, 0.1) is 5.92 Å². The van der Waals surface area contributed by atoms with Gasteiger partial charge in [0.1, 0.15) is 5.04 Å². The van der Waals surface area contributed by atoms with Crippen LogP contribution in [0.1, 0.15) is 30.2 Å². The van der Waals surface area contributed by atoms with Gasteiger partial charge in [0.05, 0.1) is 24.7 Å². The van der Waals surface area contributed by atoms with Gasteiger partial charge in [-0.3, -0.25) is 9.59 Å². The van der Waals surface area contributed by atoms with Crippen LogP contribution in [0.25, 0.3) is 0 Å². The maximum atomic E-state index is 13.0. The summed E-state index contributed by atoms with van der Waals surface area (Å²) >= 11 is 2.66. The lowest BCUT2D eigenvalue weighted by atomic mass is 10.0. The number of thioether (sulfide) groups is 1. The third-order valence-corrected chi connectivity index (χ3v) is 7.48. The molecule has 1 aromatic heterocycles. The predicted octanol–water partition coefficient (Wildman–Crippen LogP) is 3.87. The molecule has 0 saturated heterocycles. The van der Waals surface area contributed by atoms with Gasteiger partial charge < -0.3 is 5.32 Å². The Bertz CT molecular complexity index is 1200. The van der Waals surface area contributed by atoms with Gasteiger partial charge in [-0.1, -0.05) is 48.3 Å². The smallest absolute Gasteiger partial charge is 0.325 e. The highest BCUT2D eigenvalue weighted by Gasteiger charge is 2.49. The van der Waals surface area contributed by atoms with E-state index in [2.05, 4.69) is 22.2 Å². The highest BCUT2D eigenvalue weighted by molar-refractivity contribution is 8.14. The number of hydrogen-bond donors (Lipinski definition) is 1. The number of imide groups is 1. The van der Waals surface area contributed by atoms with Gasteiger partial charge >= 0.3 is 11.9 Å². The molecule has 0 fully saturated rings. The van der Waals surface area contributed by atoms with E-state index in [0.29, 0.717) is 16.7 Å². The molecule has 176 valence electrons. The van der Waals surface area contributed by atoms with Crippen molar-refractivity contribution in [3.63, 3.8) is 0 Å². The van der Waals surface area contributed by atoms with Gasteiger partial charge in [0.15, 0.2) is 5.92 Å². The van der Waals surface area contributed by atoms with E-state index >= 15 is 0 Å². The lowest BCUT2D eigenvalue weighted by Gasteiger charge is -2.26. The van der Waals surface area contributed by atoms with E-state index in [-0.39, 0.29) is 11.7 Å². The van der Waals surface area contributed by atoms with Gasteiger partial charge in [-0.25, -0.2) is 9.79 Å². The first-order valence-corrected chi connectivity index (χ1v) is 12.9. The number of unbranched alkanes of at least 4 members (excludes halogenated alkanes) is 1. The van der Waals surface area contributed by atoms with E-state index in [4.69, 9.17) is 0 Å². The average molecular weight is 497 g/mol. The van der Waals surface area contributed by atoms with Crippen LogP contribution in [0.5, 0.6) is 0 Å². The number of aryl methyl sites for hydroxylation is 1. The molecule has 1 atom stereocenters. The minimum absolute atomic E-state index is 0.0760. The van der Waals surface area contributed by atoms with Crippen LogP contribution in [0.2, 0.25) is 0 Å². The minimum atomic E-state index is -0.813. The summed E-state index contributed by atoms with van der Waals surface area (Å²) in [6.07, 6.45) is 3.30. The third-order valence-electron chi connectivity index (χ3n) is 5.59. The SMILES string of the molecule is CCCCc1ccc(NC(=O)CSC2=NC(c3cccs3)=NC3=[N+](C)C(=O)N(C)C(=O)C23)cc1. The molecule has 2 aliphatic rings. The normalized spacial score (nSPS) is 18.0. The molecule has 0 bridgehead atoms. The fourth-order valence-corrected chi connectivity index (χ4v) is 5.21. The number of carbonyl (C=O) groups is 3. The van der Waals surface area contributed by atoms with Crippen molar-refractivity contribution in [2.75, 3.05) is 25.2 Å². The Morgan fingerprint density at radius 1 is 1.21 bits per heavy atom. The van der Waals surface area contributed by atoms with Crippen molar-refractivity contribution in [2.45, 2.75) is 26.2 Å². The molecule has 0 spiro atoms. The van der Waals surface area contributed by atoms with E-state index in [0.717, 1.165) is 34.7 Å². The number of thiophene rings is 1. The van der Waals surface area contributed by atoms with Crippen LogP contribution in [0.3, 0.4) is 0 Å². The van der Waals surface area contributed by atoms with Crippen LogP contribution < -0.4 is 5.32 Å². The second-order valence-electron chi connectivity index (χ2n) is 8.03. The molecule has 10 heteroatoms. The molecule has 1 N–H and O–H groups in total. The molecule has 1 unspecified atom stereocenters. The third kappa shape index (κ3) is 5.02. The maximum Gasteiger partial charge on any atom is 0.445 e. The first kappa shape index (κ1) is 24.0. The minimum Gasteiger partial charge on any atom is -0.325 e. The van der Waals surface area contributed by atoms with E-state index in [1.807, 2.05) is 41.8 Å². The van der Waals surface area contributed by atoms with Crippen molar-refractivity contribution in [3.05, 3.63) is 52.2 Å². The standard InChI is InChI=1S/C24H25N5O3S2/c1-4-5-7-15-9-11-16(12-10-15)25-18(30)14-34-22-19-21(28(2)24(32)29(3)23(19)31)26-20(27-22)17-8-6-13-33-17/h6,8-13,19H,4-5,7,14H2,1-3H3/p+1. The zero-order chi connectivity index (χ0) is 24.2. The second kappa shape index (κ2) is 10.4. The van der Waals surface area contributed by atoms with Crippen LogP contribution >= 0.6 is 23.1 Å². The zero-order valence-electron chi connectivity index (χ0n) is 19.3. The summed E-state index contributed by atoms with van der Waals surface area (Å²) < 4.78 is 1.37. The second-order valence-corrected chi connectivity index (χ2v) is 9.97. The fraction of sp³-hybridized carbons (Fsp3) is 0.333. The van der Waals surface area contributed by atoms with E-state index in [1.165, 1.54) is 40.3 Å². The molecule has 4 amide bonds. The average Bonchev–Trinajstić information content (AvgIpc) is 3.39.